The average molecular weight is 713 g/mol. The lowest BCUT2D eigenvalue weighted by atomic mass is 9.75. The molecule has 6 N–H and O–H groups in total. The first-order valence-corrected chi connectivity index (χ1v) is 18.0. The Balaban J connectivity index is 1.51. The number of amides is 2. The van der Waals surface area contributed by atoms with Gasteiger partial charge in [-0.25, -0.2) is 9.97 Å². The number of nitrogens with one attached hydrogen (secondary N) is 4. The van der Waals surface area contributed by atoms with E-state index in [1.807, 2.05) is 65.8 Å². The van der Waals surface area contributed by atoms with Crippen molar-refractivity contribution in [1.82, 2.24) is 30.6 Å². The molecule has 10 nitrogen and oxygen atoms in total. The third kappa shape index (κ3) is 8.50. The topological polar surface area (TPSA) is 156 Å². The van der Waals surface area contributed by atoms with Gasteiger partial charge in [0.05, 0.1) is 57.9 Å². The number of aromatic nitrogens is 4. The first-order valence-electron chi connectivity index (χ1n) is 18.0. The Morgan fingerprint density at radius 1 is 0.519 bits per heavy atom. The Morgan fingerprint density at radius 2 is 0.788 bits per heavy atom. The molecule has 4 rings (SSSR count). The van der Waals surface area contributed by atoms with Crippen LogP contribution in [0.5, 0.6) is 0 Å². The maximum atomic E-state index is 13.3. The van der Waals surface area contributed by atoms with Gasteiger partial charge in [-0.15, -0.1) is 0 Å². The van der Waals surface area contributed by atoms with Crippen LogP contribution >= 0.6 is 0 Å². The minimum absolute atomic E-state index is 0.244. The molecule has 0 saturated carbocycles. The molecule has 4 aromatic rings. The normalized spacial score (nSPS) is 14.5. The van der Waals surface area contributed by atoms with Crippen LogP contribution in [0.25, 0.3) is 33.6 Å². The quantitative estimate of drug-likeness (QED) is 0.0922. The molecule has 2 amide bonds. The van der Waals surface area contributed by atoms with Crippen LogP contribution in [0.15, 0.2) is 60.9 Å². The molecular weight excluding hydrogens is 652 g/mol. The predicted molar refractivity (Wildman–Crippen MR) is 208 cm³/mol. The number of hydrogen-bond acceptors (Lipinski definition) is 6. The maximum Gasteiger partial charge on any atom is 0.229 e. The van der Waals surface area contributed by atoms with Gasteiger partial charge in [-0.1, -0.05) is 90.1 Å². The lowest BCUT2D eigenvalue weighted by molar-refractivity contribution is -0.145. The van der Waals surface area contributed by atoms with E-state index in [1.54, 1.807) is 67.8 Å². The first kappa shape index (κ1) is 40.5. The van der Waals surface area contributed by atoms with E-state index >= 15 is 0 Å². The molecule has 0 saturated heterocycles. The monoisotopic (exact) mass is 712 g/mol. The van der Waals surface area contributed by atoms with Crippen molar-refractivity contribution in [2.45, 2.75) is 120 Å². The van der Waals surface area contributed by atoms with Crippen molar-refractivity contribution >= 4 is 11.8 Å². The van der Waals surface area contributed by atoms with E-state index < -0.39 is 34.1 Å². The number of aliphatic hydroxyl groups is 2. The largest absolute Gasteiger partial charge is 0.389 e. The van der Waals surface area contributed by atoms with Crippen LogP contribution in [0.3, 0.4) is 0 Å². The summed E-state index contributed by atoms with van der Waals surface area (Å²) in [4.78, 5) is 42.8. The summed E-state index contributed by atoms with van der Waals surface area (Å²) >= 11 is 0. The van der Waals surface area contributed by atoms with Gasteiger partial charge in [-0.2, -0.15) is 0 Å². The van der Waals surface area contributed by atoms with Crippen molar-refractivity contribution in [3.8, 4) is 33.6 Å². The van der Waals surface area contributed by atoms with Gasteiger partial charge in [-0.3, -0.25) is 9.59 Å². The predicted octanol–water partition coefficient (Wildman–Crippen LogP) is 8.13. The molecule has 0 unspecified atom stereocenters. The number of aromatic amines is 2. The Morgan fingerprint density at radius 3 is 1.04 bits per heavy atom. The van der Waals surface area contributed by atoms with E-state index in [2.05, 4.69) is 54.8 Å². The number of H-pyrrole nitrogens is 2. The SMILES string of the molecule is CC(C)(C)[C@H](NC(=O)C(C)(C)C(C)(C)O)c1ncc(-c2ccc(-c3ccc(-c4cnc([C@@H](NC(=O)C(C)(C)C(C)(C)O)C(C)(C)C)[nH]4)cc3)cc2)[nH]1. The molecular formula is C42H60N6O4. The Kier molecular flexibility index (Phi) is 10.8. The van der Waals surface area contributed by atoms with Crippen molar-refractivity contribution < 1.29 is 19.8 Å². The van der Waals surface area contributed by atoms with Crippen molar-refractivity contribution in [3.05, 3.63) is 72.6 Å². The van der Waals surface area contributed by atoms with Gasteiger partial charge >= 0.3 is 0 Å². The summed E-state index contributed by atoms with van der Waals surface area (Å²) in [5.41, 5.74) is 0.614. The van der Waals surface area contributed by atoms with E-state index in [1.165, 1.54) is 0 Å². The standard InChI is InChI=1S/C42H60N6O4/c1-37(2,3)31(47-35(49)39(7,8)41(11,12)51)33-43-23-29(45-33)27-19-15-25(16-20-27)26-17-21-28(22-18-26)30-24-44-34(46-30)32(38(4,5)6)48-36(50)40(9,10)42(13,14)52/h15-24,31-32,51-52H,1-14H3,(H,43,45)(H,44,46)(H,47,49)(H,48,50)/t31-,32-/m1/s1. The molecule has 10 heteroatoms. The zero-order chi connectivity index (χ0) is 39.2. The third-order valence-electron chi connectivity index (χ3n) is 10.9. The molecule has 0 aliphatic heterocycles. The molecule has 2 aromatic heterocycles. The summed E-state index contributed by atoms with van der Waals surface area (Å²) in [6.45, 7) is 25.8. The second-order valence-corrected chi connectivity index (χ2v) is 18.4. The fraction of sp³-hybridized carbons (Fsp3) is 0.524. The lowest BCUT2D eigenvalue weighted by Crippen LogP contribution is -2.52. The number of carbonyl (C=O) groups excluding carboxylic acids is 2. The summed E-state index contributed by atoms with van der Waals surface area (Å²) in [6.07, 6.45) is 3.57. The maximum absolute atomic E-state index is 13.3. The summed E-state index contributed by atoms with van der Waals surface area (Å²) in [5.74, 6) is 0.814. The van der Waals surface area contributed by atoms with Crippen molar-refractivity contribution in [3.63, 3.8) is 0 Å². The molecule has 0 fully saturated rings. The van der Waals surface area contributed by atoms with Crippen LogP contribution in [0.2, 0.25) is 0 Å². The highest BCUT2D eigenvalue weighted by molar-refractivity contribution is 5.84. The minimum atomic E-state index is -1.20. The lowest BCUT2D eigenvalue weighted by Gasteiger charge is -2.39. The summed E-state index contributed by atoms with van der Waals surface area (Å²) in [6, 6.07) is 15.7. The second-order valence-electron chi connectivity index (χ2n) is 18.4. The van der Waals surface area contributed by atoms with Crippen LogP contribution in [0.1, 0.15) is 121 Å². The van der Waals surface area contributed by atoms with Gasteiger partial charge in [0.15, 0.2) is 0 Å². The third-order valence-corrected chi connectivity index (χ3v) is 10.9. The molecule has 0 aliphatic rings. The zero-order valence-corrected chi connectivity index (χ0v) is 33.5. The first-order chi connectivity index (χ1) is 23.6. The smallest absolute Gasteiger partial charge is 0.229 e. The van der Waals surface area contributed by atoms with Gasteiger partial charge in [-0.05, 0) is 88.5 Å². The van der Waals surface area contributed by atoms with E-state index in [0.29, 0.717) is 11.6 Å². The van der Waals surface area contributed by atoms with Crippen LogP contribution in [-0.4, -0.2) is 53.2 Å². The molecule has 52 heavy (non-hydrogen) atoms. The van der Waals surface area contributed by atoms with E-state index in [0.717, 1.165) is 33.6 Å². The Bertz CT molecular complexity index is 1720. The number of carbonyl (C=O) groups is 2. The molecule has 0 radical (unpaired) electrons. The Hall–Kier alpha value is -4.28. The number of imidazole rings is 2. The van der Waals surface area contributed by atoms with E-state index in [-0.39, 0.29) is 22.6 Å². The highest BCUT2D eigenvalue weighted by atomic mass is 16.3. The zero-order valence-electron chi connectivity index (χ0n) is 33.5. The molecule has 2 aromatic carbocycles. The van der Waals surface area contributed by atoms with Crippen molar-refractivity contribution in [1.29, 1.82) is 0 Å². The minimum Gasteiger partial charge on any atom is -0.389 e. The average Bonchev–Trinajstić information content (AvgIpc) is 3.71. The fourth-order valence-corrected chi connectivity index (χ4v) is 5.51. The fourth-order valence-electron chi connectivity index (χ4n) is 5.51. The number of rotatable bonds is 11. The van der Waals surface area contributed by atoms with Crippen LogP contribution in [0.4, 0.5) is 0 Å². The summed E-state index contributed by atoms with van der Waals surface area (Å²) in [5, 5.41) is 27.5. The van der Waals surface area contributed by atoms with Gasteiger partial charge in [0, 0.05) is 0 Å². The number of hydrogen-bond donors (Lipinski definition) is 6. The van der Waals surface area contributed by atoms with Crippen molar-refractivity contribution in [2.24, 2.45) is 21.7 Å². The molecule has 0 spiro atoms. The number of nitrogens with zero attached hydrogens (tertiary/aromatic N) is 2. The highest BCUT2D eigenvalue weighted by Crippen LogP contribution is 2.38. The van der Waals surface area contributed by atoms with E-state index in [9.17, 15) is 19.8 Å². The molecule has 2 heterocycles. The van der Waals surface area contributed by atoms with E-state index in [4.69, 9.17) is 0 Å². The van der Waals surface area contributed by atoms with Gasteiger partial charge in [0.1, 0.15) is 11.6 Å². The number of benzene rings is 2. The molecule has 0 bridgehead atoms. The van der Waals surface area contributed by atoms with Crippen molar-refractivity contribution in [2.75, 3.05) is 0 Å². The summed E-state index contributed by atoms with van der Waals surface area (Å²) in [7, 11) is 0. The summed E-state index contributed by atoms with van der Waals surface area (Å²) < 4.78 is 0. The van der Waals surface area contributed by atoms with Gasteiger partial charge < -0.3 is 30.8 Å². The highest BCUT2D eigenvalue weighted by Gasteiger charge is 2.45. The molecule has 0 aliphatic carbocycles. The molecule has 282 valence electrons. The van der Waals surface area contributed by atoms with Crippen LogP contribution < -0.4 is 10.6 Å². The van der Waals surface area contributed by atoms with Crippen LogP contribution in [0, 0.1) is 21.7 Å². The molecule has 2 atom stereocenters. The van der Waals surface area contributed by atoms with Gasteiger partial charge in [0.2, 0.25) is 11.8 Å². The Labute approximate surface area is 309 Å². The second kappa shape index (κ2) is 13.9. The van der Waals surface area contributed by atoms with Crippen LogP contribution in [-0.2, 0) is 9.59 Å². The van der Waals surface area contributed by atoms with Gasteiger partial charge in [0.25, 0.3) is 0 Å².